The monoisotopic (exact) mass is 449 g/mol. The van der Waals surface area contributed by atoms with Crippen molar-refractivity contribution in [2.75, 3.05) is 30.6 Å². The van der Waals surface area contributed by atoms with Gasteiger partial charge in [0.1, 0.15) is 0 Å². The van der Waals surface area contributed by atoms with Gasteiger partial charge in [-0.2, -0.15) is 0 Å². The Kier molecular flexibility index (Phi) is 7.75. The molecule has 2 aromatic rings. The molecule has 30 heavy (non-hydrogen) atoms. The van der Waals surface area contributed by atoms with Crippen molar-refractivity contribution in [1.29, 1.82) is 0 Å². The number of halogens is 1. The third-order valence-electron chi connectivity index (χ3n) is 5.31. The van der Waals surface area contributed by atoms with Crippen LogP contribution in [-0.4, -0.2) is 45.1 Å². The lowest BCUT2D eigenvalue weighted by molar-refractivity contribution is -0.120. The molecule has 1 aliphatic heterocycles. The van der Waals surface area contributed by atoms with E-state index in [1.807, 2.05) is 18.2 Å². The second-order valence-corrected chi connectivity index (χ2v) is 9.98. The fraction of sp³-hybridized carbons (Fsp3) is 0.409. The summed E-state index contributed by atoms with van der Waals surface area (Å²) in [5.74, 6) is 0.345. The fourth-order valence-corrected chi connectivity index (χ4v) is 4.48. The van der Waals surface area contributed by atoms with Crippen LogP contribution in [0.25, 0.3) is 0 Å². The molecule has 0 spiro atoms. The van der Waals surface area contributed by atoms with Gasteiger partial charge in [0, 0.05) is 18.1 Å². The summed E-state index contributed by atoms with van der Waals surface area (Å²) in [4.78, 5) is 14.8. The van der Waals surface area contributed by atoms with E-state index in [1.165, 1.54) is 0 Å². The van der Waals surface area contributed by atoms with Crippen LogP contribution in [0.3, 0.4) is 0 Å². The minimum atomic E-state index is -3.39. The molecule has 1 amide bonds. The van der Waals surface area contributed by atoms with E-state index >= 15 is 0 Å². The van der Waals surface area contributed by atoms with Crippen molar-refractivity contribution in [1.82, 2.24) is 10.2 Å². The highest BCUT2D eigenvalue weighted by molar-refractivity contribution is 7.92. The van der Waals surface area contributed by atoms with Gasteiger partial charge in [-0.15, -0.1) is 0 Å². The normalized spacial score (nSPS) is 15.7. The van der Waals surface area contributed by atoms with Crippen molar-refractivity contribution in [2.45, 2.75) is 25.8 Å². The van der Waals surface area contributed by atoms with Gasteiger partial charge in [0.15, 0.2) is 0 Å². The first kappa shape index (κ1) is 22.6. The Morgan fingerprint density at radius 3 is 2.37 bits per heavy atom. The summed E-state index contributed by atoms with van der Waals surface area (Å²) in [6, 6.07) is 14.9. The van der Waals surface area contributed by atoms with Crippen molar-refractivity contribution in [3.05, 3.63) is 64.7 Å². The molecular formula is C22H28ClN3O3S. The summed E-state index contributed by atoms with van der Waals surface area (Å²) in [5, 5.41) is 3.81. The molecule has 162 valence electrons. The van der Waals surface area contributed by atoms with Gasteiger partial charge in [-0.3, -0.25) is 14.4 Å². The van der Waals surface area contributed by atoms with Gasteiger partial charge in [0.25, 0.3) is 0 Å². The topological polar surface area (TPSA) is 78.5 Å². The van der Waals surface area contributed by atoms with Gasteiger partial charge in [0.05, 0.1) is 18.4 Å². The average molecular weight is 450 g/mol. The maximum atomic E-state index is 12.4. The van der Waals surface area contributed by atoms with Gasteiger partial charge >= 0.3 is 0 Å². The summed E-state index contributed by atoms with van der Waals surface area (Å²) < 4.78 is 25.5. The van der Waals surface area contributed by atoms with Crippen LogP contribution < -0.4 is 10.0 Å². The number of hydrogen-bond acceptors (Lipinski definition) is 4. The Morgan fingerprint density at radius 2 is 1.70 bits per heavy atom. The summed E-state index contributed by atoms with van der Waals surface area (Å²) >= 11 is 6.26. The quantitative estimate of drug-likeness (QED) is 0.648. The zero-order chi connectivity index (χ0) is 21.6. The van der Waals surface area contributed by atoms with E-state index in [0.29, 0.717) is 23.7 Å². The molecule has 0 aliphatic carbocycles. The molecule has 1 saturated heterocycles. The number of nitrogens with one attached hydrogen (secondary N) is 2. The number of likely N-dealkylation sites (tertiary alicyclic amines) is 1. The van der Waals surface area contributed by atoms with Crippen LogP contribution in [0.15, 0.2) is 48.5 Å². The molecule has 1 fully saturated rings. The molecular weight excluding hydrogens is 422 g/mol. The lowest BCUT2D eigenvalue weighted by atomic mass is 9.96. The second kappa shape index (κ2) is 10.3. The summed E-state index contributed by atoms with van der Waals surface area (Å²) in [5.41, 5.74) is 2.25. The van der Waals surface area contributed by atoms with Crippen LogP contribution in [0.2, 0.25) is 5.02 Å². The van der Waals surface area contributed by atoms with Crippen LogP contribution in [-0.2, 0) is 27.8 Å². The Bertz CT molecular complexity index is 973. The second-order valence-electron chi connectivity index (χ2n) is 7.82. The summed E-state index contributed by atoms with van der Waals surface area (Å²) in [6.45, 7) is 3.45. The van der Waals surface area contributed by atoms with Crippen molar-refractivity contribution >= 4 is 33.2 Å². The van der Waals surface area contributed by atoms with Gasteiger partial charge in [0.2, 0.25) is 15.9 Å². The largest absolute Gasteiger partial charge is 0.356 e. The number of benzene rings is 2. The number of carbonyl (C=O) groups excluding carboxylic acids is 1. The molecule has 2 N–H and O–H groups in total. The van der Waals surface area contributed by atoms with E-state index in [9.17, 15) is 13.2 Å². The van der Waals surface area contributed by atoms with Gasteiger partial charge in [-0.1, -0.05) is 48.0 Å². The maximum Gasteiger partial charge on any atom is 0.229 e. The van der Waals surface area contributed by atoms with Crippen molar-refractivity contribution < 1.29 is 13.2 Å². The van der Waals surface area contributed by atoms with E-state index < -0.39 is 10.0 Å². The van der Waals surface area contributed by atoms with Crippen molar-refractivity contribution in [3.63, 3.8) is 0 Å². The van der Waals surface area contributed by atoms with E-state index in [-0.39, 0.29) is 12.3 Å². The van der Waals surface area contributed by atoms with Crippen LogP contribution in [0, 0.1) is 5.92 Å². The zero-order valence-electron chi connectivity index (χ0n) is 17.1. The Hall–Kier alpha value is -2.09. The predicted molar refractivity (Wildman–Crippen MR) is 121 cm³/mol. The Labute approximate surface area is 183 Å². The van der Waals surface area contributed by atoms with E-state index in [4.69, 9.17) is 11.6 Å². The number of carbonyl (C=O) groups is 1. The number of hydrogen-bond donors (Lipinski definition) is 2. The van der Waals surface area contributed by atoms with Crippen LogP contribution >= 0.6 is 11.6 Å². The smallest absolute Gasteiger partial charge is 0.229 e. The standard InChI is InChI=1S/C22H28ClN3O3S/c1-30(28,29)25-21-9-5-3-6-18(21)14-22(27)24-15-17-10-12-26(13-11-17)16-19-7-2-4-8-20(19)23/h2-9,17,25H,10-16H2,1H3,(H,24,27). The van der Waals surface area contributed by atoms with E-state index in [1.54, 1.807) is 24.3 Å². The Balaban J connectivity index is 1.44. The first-order chi connectivity index (χ1) is 14.3. The molecule has 0 unspecified atom stereocenters. The summed E-state index contributed by atoms with van der Waals surface area (Å²) in [7, 11) is -3.39. The molecule has 2 aromatic carbocycles. The SMILES string of the molecule is CS(=O)(=O)Nc1ccccc1CC(=O)NCC1CCN(Cc2ccccc2Cl)CC1. The molecule has 1 heterocycles. The minimum absolute atomic E-state index is 0.101. The van der Waals surface area contributed by atoms with Crippen LogP contribution in [0.5, 0.6) is 0 Å². The zero-order valence-corrected chi connectivity index (χ0v) is 18.7. The minimum Gasteiger partial charge on any atom is -0.356 e. The fourth-order valence-electron chi connectivity index (χ4n) is 3.68. The van der Waals surface area contributed by atoms with Crippen LogP contribution in [0.4, 0.5) is 5.69 Å². The van der Waals surface area contributed by atoms with Crippen molar-refractivity contribution in [3.8, 4) is 0 Å². The molecule has 3 rings (SSSR count). The van der Waals surface area contributed by atoms with Gasteiger partial charge < -0.3 is 5.32 Å². The summed E-state index contributed by atoms with van der Waals surface area (Å²) in [6.07, 6.45) is 3.29. The van der Waals surface area contributed by atoms with E-state index in [2.05, 4.69) is 21.0 Å². The van der Waals surface area contributed by atoms with Gasteiger partial charge in [-0.25, -0.2) is 8.42 Å². The number of piperidine rings is 1. The number of amides is 1. The first-order valence-electron chi connectivity index (χ1n) is 10.1. The lowest BCUT2D eigenvalue weighted by Gasteiger charge is -2.32. The van der Waals surface area contributed by atoms with Crippen LogP contribution in [0.1, 0.15) is 24.0 Å². The third-order valence-corrected chi connectivity index (χ3v) is 6.27. The average Bonchev–Trinajstić information content (AvgIpc) is 2.70. The lowest BCUT2D eigenvalue weighted by Crippen LogP contribution is -2.38. The van der Waals surface area contributed by atoms with Crippen molar-refractivity contribution in [2.24, 2.45) is 5.92 Å². The van der Waals surface area contributed by atoms with E-state index in [0.717, 1.165) is 49.3 Å². The number of rotatable bonds is 8. The highest BCUT2D eigenvalue weighted by atomic mass is 35.5. The highest BCUT2D eigenvalue weighted by Gasteiger charge is 2.20. The Morgan fingerprint density at radius 1 is 1.07 bits per heavy atom. The number of para-hydroxylation sites is 1. The molecule has 0 saturated carbocycles. The number of anilines is 1. The molecule has 0 aromatic heterocycles. The molecule has 0 radical (unpaired) electrons. The predicted octanol–water partition coefficient (Wildman–Crippen LogP) is 3.28. The molecule has 1 aliphatic rings. The first-order valence-corrected chi connectivity index (χ1v) is 12.4. The number of sulfonamides is 1. The maximum absolute atomic E-state index is 12.4. The molecule has 0 bridgehead atoms. The third kappa shape index (κ3) is 7.00. The molecule has 8 heteroatoms. The van der Waals surface area contributed by atoms with Gasteiger partial charge in [-0.05, 0) is 55.1 Å². The molecule has 0 atom stereocenters. The highest BCUT2D eigenvalue weighted by Crippen LogP contribution is 2.22. The molecule has 6 nitrogen and oxygen atoms in total. The number of nitrogens with zero attached hydrogens (tertiary/aromatic N) is 1.